The summed E-state index contributed by atoms with van der Waals surface area (Å²) in [5.41, 5.74) is -0.945. The molecule has 1 aromatic rings. The minimum Gasteiger partial charge on any atom is -0.248 e. The average Bonchev–Trinajstić information content (AvgIpc) is 2.15. The molecule has 6 heteroatoms. The lowest BCUT2D eigenvalue weighted by molar-refractivity contribution is -0.137. The van der Waals surface area contributed by atoms with Crippen molar-refractivity contribution in [3.8, 4) is 6.07 Å². The van der Waals surface area contributed by atoms with Gasteiger partial charge in [-0.25, -0.2) is 4.98 Å². The molecule has 0 aromatic carbocycles. The maximum absolute atomic E-state index is 12.2. The summed E-state index contributed by atoms with van der Waals surface area (Å²) in [6.07, 6.45) is -2.07. The highest BCUT2D eigenvalue weighted by atomic mass is 32.2. The van der Waals surface area contributed by atoms with Gasteiger partial charge in [-0.15, -0.1) is 11.8 Å². The standard InChI is InChI=1S/C8H5F3N2S/c1-14-7-5(3-12)2-6(4-13-7)8(9,10)11/h2,4H,1H3. The highest BCUT2D eigenvalue weighted by Crippen LogP contribution is 2.30. The number of nitrogens with zero attached hydrogens (tertiary/aromatic N) is 2. The van der Waals surface area contributed by atoms with E-state index >= 15 is 0 Å². The molecule has 0 aliphatic rings. The number of nitriles is 1. The van der Waals surface area contributed by atoms with E-state index in [4.69, 9.17) is 5.26 Å². The van der Waals surface area contributed by atoms with Gasteiger partial charge >= 0.3 is 6.18 Å². The van der Waals surface area contributed by atoms with Gasteiger partial charge in [-0.1, -0.05) is 0 Å². The number of thioether (sulfide) groups is 1. The summed E-state index contributed by atoms with van der Waals surface area (Å²) in [5, 5.41) is 8.88. The monoisotopic (exact) mass is 218 g/mol. The van der Waals surface area contributed by atoms with Crippen molar-refractivity contribution < 1.29 is 13.2 Å². The van der Waals surface area contributed by atoms with E-state index < -0.39 is 11.7 Å². The van der Waals surface area contributed by atoms with E-state index in [1.165, 1.54) is 0 Å². The first kappa shape index (κ1) is 10.9. The number of alkyl halides is 3. The topological polar surface area (TPSA) is 36.7 Å². The Bertz CT molecular complexity index is 381. The van der Waals surface area contributed by atoms with Gasteiger partial charge in [0.05, 0.1) is 11.1 Å². The molecule has 1 heterocycles. The molecule has 1 aromatic heterocycles. The normalized spacial score (nSPS) is 11.1. The Morgan fingerprint density at radius 1 is 1.50 bits per heavy atom. The maximum atomic E-state index is 12.2. The fourth-order valence-corrected chi connectivity index (χ4v) is 1.33. The zero-order chi connectivity index (χ0) is 10.8. The Morgan fingerprint density at radius 3 is 2.57 bits per heavy atom. The van der Waals surface area contributed by atoms with Crippen LogP contribution in [0.15, 0.2) is 17.3 Å². The van der Waals surface area contributed by atoms with E-state index in [-0.39, 0.29) is 5.56 Å². The third-order valence-electron chi connectivity index (χ3n) is 1.49. The molecule has 74 valence electrons. The van der Waals surface area contributed by atoms with Crippen LogP contribution in [0.3, 0.4) is 0 Å². The van der Waals surface area contributed by atoms with Crippen LogP contribution in [0.4, 0.5) is 13.2 Å². The first-order chi connectivity index (χ1) is 6.49. The molecule has 14 heavy (non-hydrogen) atoms. The van der Waals surface area contributed by atoms with Gasteiger partial charge in [-0.2, -0.15) is 18.4 Å². The molecular weight excluding hydrogens is 213 g/mol. The van der Waals surface area contributed by atoms with Crippen molar-refractivity contribution in [2.75, 3.05) is 6.26 Å². The Hall–Kier alpha value is -1.22. The minimum atomic E-state index is -4.45. The van der Waals surface area contributed by atoms with Crippen molar-refractivity contribution in [3.05, 3.63) is 23.4 Å². The minimum absolute atomic E-state index is 0.0488. The second-order valence-electron chi connectivity index (χ2n) is 2.39. The number of hydrogen-bond acceptors (Lipinski definition) is 3. The van der Waals surface area contributed by atoms with Crippen LogP contribution in [0, 0.1) is 11.3 Å². The Balaban J connectivity index is 3.23. The number of rotatable bonds is 1. The van der Waals surface area contributed by atoms with Crippen LogP contribution in [0.5, 0.6) is 0 Å². The summed E-state index contributed by atoms with van der Waals surface area (Å²) in [6, 6.07) is 2.48. The molecule has 0 amide bonds. The SMILES string of the molecule is CSc1ncc(C(F)(F)F)cc1C#N. The van der Waals surface area contributed by atoms with Crippen LogP contribution < -0.4 is 0 Å². The number of halogens is 3. The van der Waals surface area contributed by atoms with Crippen molar-refractivity contribution in [2.24, 2.45) is 0 Å². The quantitative estimate of drug-likeness (QED) is 0.680. The highest BCUT2D eigenvalue weighted by Gasteiger charge is 2.31. The van der Waals surface area contributed by atoms with Crippen molar-refractivity contribution >= 4 is 11.8 Å². The van der Waals surface area contributed by atoms with Gasteiger partial charge in [0, 0.05) is 6.20 Å². The second-order valence-corrected chi connectivity index (χ2v) is 3.19. The van der Waals surface area contributed by atoms with E-state index in [0.29, 0.717) is 5.03 Å². The molecule has 0 unspecified atom stereocenters. The van der Waals surface area contributed by atoms with E-state index in [9.17, 15) is 13.2 Å². The number of pyridine rings is 1. The molecular formula is C8H5F3N2S. The van der Waals surface area contributed by atoms with E-state index in [1.807, 2.05) is 0 Å². The molecule has 0 aliphatic heterocycles. The van der Waals surface area contributed by atoms with Crippen LogP contribution in [0.1, 0.15) is 11.1 Å². The van der Waals surface area contributed by atoms with E-state index in [1.54, 1.807) is 12.3 Å². The second kappa shape index (κ2) is 3.88. The lowest BCUT2D eigenvalue weighted by Crippen LogP contribution is -2.06. The van der Waals surface area contributed by atoms with Gasteiger partial charge in [-0.05, 0) is 12.3 Å². The molecule has 0 saturated heterocycles. The molecule has 0 atom stereocenters. The molecule has 0 radical (unpaired) electrons. The highest BCUT2D eigenvalue weighted by molar-refractivity contribution is 7.98. The van der Waals surface area contributed by atoms with E-state index in [2.05, 4.69) is 4.98 Å². The molecule has 0 saturated carbocycles. The smallest absolute Gasteiger partial charge is 0.248 e. The predicted molar refractivity (Wildman–Crippen MR) is 45.7 cm³/mol. The fourth-order valence-electron chi connectivity index (χ4n) is 0.850. The summed E-state index contributed by atoms with van der Waals surface area (Å²) in [5.74, 6) is 0. The van der Waals surface area contributed by atoms with Crippen molar-refractivity contribution in [3.63, 3.8) is 0 Å². The largest absolute Gasteiger partial charge is 0.417 e. The van der Waals surface area contributed by atoms with Gasteiger partial charge in [0.1, 0.15) is 11.1 Å². The Morgan fingerprint density at radius 2 is 2.14 bits per heavy atom. The van der Waals surface area contributed by atoms with Gasteiger partial charge in [-0.3, -0.25) is 0 Å². The van der Waals surface area contributed by atoms with Crippen LogP contribution in [0.25, 0.3) is 0 Å². The van der Waals surface area contributed by atoms with Gasteiger partial charge in [0.25, 0.3) is 0 Å². The summed E-state index contributed by atoms with van der Waals surface area (Å²) in [7, 11) is 0. The lowest BCUT2D eigenvalue weighted by atomic mass is 10.2. The summed E-state index contributed by atoms with van der Waals surface area (Å²) in [6.45, 7) is 0. The third kappa shape index (κ3) is 2.17. The Labute approximate surface area is 82.8 Å². The van der Waals surface area contributed by atoms with Crippen molar-refractivity contribution in [1.29, 1.82) is 5.26 Å². The summed E-state index contributed by atoms with van der Waals surface area (Å²) >= 11 is 1.14. The zero-order valence-electron chi connectivity index (χ0n) is 7.09. The molecule has 2 nitrogen and oxygen atoms in total. The molecule has 1 rings (SSSR count). The zero-order valence-corrected chi connectivity index (χ0v) is 7.91. The van der Waals surface area contributed by atoms with Crippen LogP contribution in [0.2, 0.25) is 0 Å². The fraction of sp³-hybridized carbons (Fsp3) is 0.250. The summed E-state index contributed by atoms with van der Waals surface area (Å²) in [4.78, 5) is 3.55. The molecule has 0 spiro atoms. The number of hydrogen-bond donors (Lipinski definition) is 0. The maximum Gasteiger partial charge on any atom is 0.417 e. The van der Waals surface area contributed by atoms with Gasteiger partial charge in [0.2, 0.25) is 0 Å². The number of aromatic nitrogens is 1. The lowest BCUT2D eigenvalue weighted by Gasteiger charge is -2.07. The first-order valence-corrected chi connectivity index (χ1v) is 4.73. The van der Waals surface area contributed by atoms with Crippen LogP contribution in [-0.2, 0) is 6.18 Å². The Kier molecular flexibility index (Phi) is 3.01. The van der Waals surface area contributed by atoms with Gasteiger partial charge < -0.3 is 0 Å². The molecule has 0 N–H and O–H groups in total. The average molecular weight is 218 g/mol. The molecule has 0 fully saturated rings. The van der Waals surface area contributed by atoms with Crippen molar-refractivity contribution in [2.45, 2.75) is 11.2 Å². The van der Waals surface area contributed by atoms with Crippen molar-refractivity contribution in [1.82, 2.24) is 4.98 Å². The first-order valence-electron chi connectivity index (χ1n) is 3.50. The van der Waals surface area contributed by atoms with Crippen LogP contribution >= 0.6 is 11.8 Å². The van der Waals surface area contributed by atoms with Crippen LogP contribution in [-0.4, -0.2) is 11.2 Å². The molecule has 0 bridgehead atoms. The van der Waals surface area contributed by atoms with Gasteiger partial charge in [0.15, 0.2) is 0 Å². The summed E-state index contributed by atoms with van der Waals surface area (Å²) < 4.78 is 36.6. The predicted octanol–water partition coefficient (Wildman–Crippen LogP) is 2.69. The van der Waals surface area contributed by atoms with E-state index in [0.717, 1.165) is 24.0 Å². The molecule has 0 aliphatic carbocycles. The third-order valence-corrected chi connectivity index (χ3v) is 2.20.